The Kier molecular flexibility index (Phi) is 40.9. The zero-order valence-corrected chi connectivity index (χ0v) is 35.7. The third-order valence-electron chi connectivity index (χ3n) is 11.1. The lowest BCUT2D eigenvalue weighted by Gasteiger charge is -2.23. The average Bonchev–Trinajstić information content (AvgIpc) is 3.14. The van der Waals surface area contributed by atoms with E-state index in [9.17, 15) is 15.0 Å². The molecular weight excluding hydrogens is 647 g/mol. The van der Waals surface area contributed by atoms with Crippen LogP contribution < -0.4 is 0 Å². The van der Waals surface area contributed by atoms with Gasteiger partial charge < -0.3 is 24.6 Å². The molecule has 0 saturated heterocycles. The summed E-state index contributed by atoms with van der Waals surface area (Å²) in [7, 11) is 0. The van der Waals surface area contributed by atoms with Gasteiger partial charge in [-0.2, -0.15) is 0 Å². The average molecular weight is 740 g/mol. The first-order valence-electron chi connectivity index (χ1n) is 23.3. The van der Waals surface area contributed by atoms with Gasteiger partial charge in [-0.1, -0.05) is 182 Å². The van der Waals surface area contributed by atoms with Gasteiger partial charge in [0, 0.05) is 19.1 Å². The Morgan fingerprint density at radius 1 is 0.481 bits per heavy atom. The van der Waals surface area contributed by atoms with Gasteiger partial charge in [0.1, 0.15) is 0 Å². The lowest BCUT2D eigenvalue weighted by molar-refractivity contribution is -0.149. The second-order valence-corrected chi connectivity index (χ2v) is 16.1. The van der Waals surface area contributed by atoms with Crippen molar-refractivity contribution < 1.29 is 24.5 Å². The molecule has 6 heteroatoms. The van der Waals surface area contributed by atoms with E-state index in [-0.39, 0.29) is 24.4 Å². The van der Waals surface area contributed by atoms with Gasteiger partial charge >= 0.3 is 5.97 Å². The second kappa shape index (κ2) is 41.5. The molecule has 0 aliphatic carbocycles. The molecule has 0 aromatic rings. The van der Waals surface area contributed by atoms with Crippen LogP contribution in [0, 0.1) is 11.8 Å². The first kappa shape index (κ1) is 51.3. The highest BCUT2D eigenvalue weighted by atomic mass is 16.6. The van der Waals surface area contributed by atoms with Crippen LogP contribution in [0.4, 0.5) is 0 Å². The quantitative estimate of drug-likeness (QED) is 0.0368. The van der Waals surface area contributed by atoms with Crippen LogP contribution in [0.2, 0.25) is 0 Å². The van der Waals surface area contributed by atoms with Crippen molar-refractivity contribution in [2.24, 2.45) is 11.8 Å². The van der Waals surface area contributed by atoms with E-state index >= 15 is 0 Å². The molecule has 6 nitrogen and oxygen atoms in total. The van der Waals surface area contributed by atoms with Crippen LogP contribution in [0.3, 0.4) is 0 Å². The molecule has 3 unspecified atom stereocenters. The maximum Gasteiger partial charge on any atom is 0.308 e. The number of carbonyl (C=O) groups is 1. The third kappa shape index (κ3) is 33.8. The molecule has 0 heterocycles. The summed E-state index contributed by atoms with van der Waals surface area (Å²) < 4.78 is 11.8. The smallest absolute Gasteiger partial charge is 0.308 e. The van der Waals surface area contributed by atoms with E-state index < -0.39 is 6.29 Å². The number of aliphatic hydroxyl groups excluding tert-OH is 2. The van der Waals surface area contributed by atoms with Crippen LogP contribution in [0.25, 0.3) is 0 Å². The fraction of sp³-hybridized carbons (Fsp3) is 0.978. The van der Waals surface area contributed by atoms with E-state index in [0.717, 1.165) is 110 Å². The first-order valence-corrected chi connectivity index (χ1v) is 23.3. The predicted octanol–water partition coefficient (Wildman–Crippen LogP) is 13.0. The molecule has 0 spiro atoms. The highest BCUT2D eigenvalue weighted by Gasteiger charge is 2.20. The van der Waals surface area contributed by atoms with Crippen LogP contribution in [-0.4, -0.2) is 66.8 Å². The molecule has 0 fully saturated rings. The molecule has 0 aromatic heterocycles. The normalized spacial score (nSPS) is 13.5. The van der Waals surface area contributed by atoms with Crippen LogP contribution in [0.15, 0.2) is 0 Å². The van der Waals surface area contributed by atoms with E-state index in [1.165, 1.54) is 116 Å². The maximum absolute atomic E-state index is 12.9. The summed E-state index contributed by atoms with van der Waals surface area (Å²) in [4.78, 5) is 15.3. The minimum absolute atomic E-state index is 0.0485. The van der Waals surface area contributed by atoms with Crippen LogP contribution in [-0.2, 0) is 14.3 Å². The van der Waals surface area contributed by atoms with E-state index in [2.05, 4.69) is 32.6 Å². The molecule has 0 saturated carbocycles. The summed E-state index contributed by atoms with van der Waals surface area (Å²) in [5.74, 6) is 0.418. The molecule has 312 valence electrons. The van der Waals surface area contributed by atoms with E-state index in [0.29, 0.717) is 13.2 Å². The first-order chi connectivity index (χ1) is 25.5. The molecule has 0 radical (unpaired) electrons. The molecule has 52 heavy (non-hydrogen) atoms. The number of nitrogens with zero attached hydrogens (tertiary/aromatic N) is 1. The van der Waals surface area contributed by atoms with Crippen LogP contribution in [0.5, 0.6) is 0 Å². The number of aliphatic hydroxyl groups is 2. The van der Waals surface area contributed by atoms with Crippen molar-refractivity contribution in [2.45, 2.75) is 239 Å². The molecule has 0 aliphatic heterocycles. The van der Waals surface area contributed by atoms with Gasteiger partial charge in [0.25, 0.3) is 0 Å². The fourth-order valence-electron chi connectivity index (χ4n) is 7.51. The second-order valence-electron chi connectivity index (χ2n) is 16.1. The van der Waals surface area contributed by atoms with Crippen molar-refractivity contribution >= 4 is 5.97 Å². The van der Waals surface area contributed by atoms with Gasteiger partial charge in [-0.25, -0.2) is 0 Å². The van der Waals surface area contributed by atoms with Gasteiger partial charge in [-0.05, 0) is 64.5 Å². The lowest BCUT2D eigenvalue weighted by Crippen LogP contribution is -2.29. The molecule has 0 aromatic carbocycles. The summed E-state index contributed by atoms with van der Waals surface area (Å²) in [6.07, 6.45) is 37.5. The monoisotopic (exact) mass is 740 g/mol. The zero-order valence-electron chi connectivity index (χ0n) is 35.7. The van der Waals surface area contributed by atoms with Gasteiger partial charge in [-0.15, -0.1) is 0 Å². The third-order valence-corrected chi connectivity index (χ3v) is 11.1. The van der Waals surface area contributed by atoms with Crippen molar-refractivity contribution in [3.63, 3.8) is 0 Å². The highest BCUT2D eigenvalue weighted by molar-refractivity contribution is 5.72. The van der Waals surface area contributed by atoms with Crippen molar-refractivity contribution in [1.29, 1.82) is 0 Å². The van der Waals surface area contributed by atoms with Gasteiger partial charge in [0.15, 0.2) is 6.29 Å². The minimum atomic E-state index is -0.614. The summed E-state index contributed by atoms with van der Waals surface area (Å²) in [5, 5.41) is 20.5. The Labute approximate surface area is 325 Å². The van der Waals surface area contributed by atoms with Crippen molar-refractivity contribution in [3.8, 4) is 0 Å². The summed E-state index contributed by atoms with van der Waals surface area (Å²) in [6, 6.07) is 0. The Morgan fingerprint density at radius 3 is 1.35 bits per heavy atom. The largest absolute Gasteiger partial charge is 0.465 e. The predicted molar refractivity (Wildman–Crippen MR) is 224 cm³/mol. The fourth-order valence-corrected chi connectivity index (χ4v) is 7.51. The topological polar surface area (TPSA) is 79.2 Å². The molecule has 0 aliphatic rings. The summed E-state index contributed by atoms with van der Waals surface area (Å²) in [6.45, 7) is 13.2. The maximum atomic E-state index is 12.9. The molecule has 0 bridgehead atoms. The zero-order chi connectivity index (χ0) is 38.2. The number of hydrogen-bond donors (Lipinski definition) is 2. The number of carbonyl (C=O) groups excluding carboxylic acids is 1. The summed E-state index contributed by atoms with van der Waals surface area (Å²) in [5.41, 5.74) is 0. The Hall–Kier alpha value is -0.690. The number of unbranched alkanes of at least 4 members (excludes halogenated alkanes) is 22. The number of rotatable bonds is 43. The van der Waals surface area contributed by atoms with E-state index in [1.54, 1.807) is 0 Å². The van der Waals surface area contributed by atoms with E-state index in [1.807, 2.05) is 0 Å². The molecular formula is C46H93NO5. The van der Waals surface area contributed by atoms with Gasteiger partial charge in [-0.3, -0.25) is 4.79 Å². The number of hydrogen-bond acceptors (Lipinski definition) is 6. The van der Waals surface area contributed by atoms with Gasteiger partial charge in [0.05, 0.1) is 19.1 Å². The molecule has 0 amide bonds. The lowest BCUT2D eigenvalue weighted by atomic mass is 9.93. The molecule has 2 N–H and O–H groups in total. The number of ether oxygens (including phenoxy) is 2. The Balaban J connectivity index is 4.19. The van der Waals surface area contributed by atoms with E-state index in [4.69, 9.17) is 9.47 Å². The summed E-state index contributed by atoms with van der Waals surface area (Å²) >= 11 is 0. The standard InChI is InChI=1S/C46H93NO5/c1-5-9-13-17-19-27-35-43(33-25-15-11-7-3)45(49)51-41-31-23-21-29-37-47(39-40-48)38-30-22-24-32-42-52-46(50)44(34-26-16-12-8-4)36-28-20-18-14-10-6-2/h43-45,48-49H,5-42H2,1-4H3. The van der Waals surface area contributed by atoms with Gasteiger partial charge in [0.2, 0.25) is 0 Å². The Bertz CT molecular complexity index is 706. The van der Waals surface area contributed by atoms with Crippen molar-refractivity contribution in [2.75, 3.05) is 39.5 Å². The molecule has 3 atom stereocenters. The van der Waals surface area contributed by atoms with Crippen LogP contribution in [0.1, 0.15) is 233 Å². The van der Waals surface area contributed by atoms with Crippen molar-refractivity contribution in [1.82, 2.24) is 4.90 Å². The van der Waals surface area contributed by atoms with Crippen molar-refractivity contribution in [3.05, 3.63) is 0 Å². The SMILES string of the molecule is CCCCCCCCC(CCCCCC)C(=O)OCCCCCCN(CCO)CCCCCCOC(O)C(CCCCCC)CCCCCCCC. The number of esters is 1. The van der Waals surface area contributed by atoms with Crippen LogP contribution >= 0.6 is 0 Å². The Morgan fingerprint density at radius 2 is 0.865 bits per heavy atom. The highest BCUT2D eigenvalue weighted by Crippen LogP contribution is 2.24. The molecule has 0 rings (SSSR count). The minimum Gasteiger partial charge on any atom is -0.465 e.